The van der Waals surface area contributed by atoms with E-state index < -0.39 is 13.3 Å². The van der Waals surface area contributed by atoms with Crippen LogP contribution in [0, 0.1) is 0 Å². The van der Waals surface area contributed by atoms with Crippen LogP contribution in [0.25, 0.3) is 44.2 Å². The highest BCUT2D eigenvalue weighted by molar-refractivity contribution is 7.79. The molecule has 0 saturated carbocycles. The first kappa shape index (κ1) is 25.1. The third kappa shape index (κ3) is 3.31. The van der Waals surface area contributed by atoms with Gasteiger partial charge in [0.05, 0.1) is 5.41 Å². The van der Waals surface area contributed by atoms with Gasteiger partial charge in [0.15, 0.2) is 0 Å². The second-order valence-electron chi connectivity index (χ2n) is 12.0. The van der Waals surface area contributed by atoms with Crippen LogP contribution in [0.15, 0.2) is 168 Å². The third-order valence-corrected chi connectivity index (χ3v) is 12.3. The molecule has 210 valence electrons. The van der Waals surface area contributed by atoms with Crippen molar-refractivity contribution in [2.75, 3.05) is 0 Å². The third-order valence-electron chi connectivity index (χ3n) is 9.86. The fourth-order valence-corrected chi connectivity index (χ4v) is 10.5. The lowest BCUT2D eigenvalue weighted by molar-refractivity contribution is 0.668. The van der Waals surface area contributed by atoms with Gasteiger partial charge in [-0.1, -0.05) is 146 Å². The Labute approximate surface area is 263 Å². The number of furan rings is 1. The molecule has 8 aromatic rings. The quantitative estimate of drug-likeness (QED) is 0.187. The van der Waals surface area contributed by atoms with Gasteiger partial charge in [-0.25, -0.2) is 0 Å². The summed E-state index contributed by atoms with van der Waals surface area (Å²) in [6, 6.07) is 60.5. The van der Waals surface area contributed by atoms with Gasteiger partial charge in [-0.15, -0.1) is 0 Å². The zero-order chi connectivity index (χ0) is 29.5. The van der Waals surface area contributed by atoms with E-state index in [1.165, 1.54) is 71.2 Å². The van der Waals surface area contributed by atoms with E-state index in [4.69, 9.17) is 4.42 Å². The van der Waals surface area contributed by atoms with Crippen molar-refractivity contribution < 1.29 is 4.42 Å². The van der Waals surface area contributed by atoms with Crippen molar-refractivity contribution in [3.8, 4) is 22.3 Å². The maximum atomic E-state index is 6.41. The molecule has 7 aromatic carbocycles. The molecule has 1 atom stereocenters. The Hall–Kier alpha value is -5.23. The monoisotopic (exact) mass is 590 g/mol. The van der Waals surface area contributed by atoms with Gasteiger partial charge < -0.3 is 4.42 Å². The smallest absolute Gasteiger partial charge is 0.136 e. The van der Waals surface area contributed by atoms with Crippen LogP contribution in [0.1, 0.15) is 22.3 Å². The molecule has 1 spiro atoms. The Bertz CT molecular complexity index is 2400. The lowest BCUT2D eigenvalue weighted by Crippen LogP contribution is -2.26. The molecule has 0 N–H and O–H groups in total. The molecule has 0 amide bonds. The number of hydrogen-bond acceptors (Lipinski definition) is 1. The van der Waals surface area contributed by atoms with E-state index >= 15 is 0 Å². The van der Waals surface area contributed by atoms with E-state index in [9.17, 15) is 0 Å². The van der Waals surface area contributed by atoms with Gasteiger partial charge in [0, 0.05) is 10.8 Å². The summed E-state index contributed by atoms with van der Waals surface area (Å²) >= 11 is 0. The fourth-order valence-electron chi connectivity index (χ4n) is 8.18. The van der Waals surface area contributed by atoms with E-state index in [1.807, 2.05) is 0 Å². The van der Waals surface area contributed by atoms with Crippen molar-refractivity contribution in [2.24, 2.45) is 0 Å². The second-order valence-corrected chi connectivity index (χ2v) is 14.3. The number of para-hydroxylation sites is 1. The Morgan fingerprint density at radius 3 is 1.73 bits per heavy atom. The van der Waals surface area contributed by atoms with Gasteiger partial charge in [-0.2, -0.15) is 0 Å². The zero-order valence-electron chi connectivity index (χ0n) is 24.4. The van der Waals surface area contributed by atoms with Gasteiger partial charge in [0.1, 0.15) is 11.2 Å². The summed E-state index contributed by atoms with van der Waals surface area (Å²) in [4.78, 5) is 0. The van der Waals surface area contributed by atoms with Crippen molar-refractivity contribution in [1.82, 2.24) is 0 Å². The standard InChI is InChI=1S/C43H27OP/c1-3-13-28(14-4-1)45(29-15-5-2-6-16-29)30-23-24-37-34(27-30)31-17-7-10-20-35(31)43(37)36-21-11-8-18-32(36)41-38(43)25-26-40-42(41)33-19-9-12-22-39(33)44-40/h1-27H. The Balaban J connectivity index is 1.29. The van der Waals surface area contributed by atoms with E-state index in [-0.39, 0.29) is 0 Å². The van der Waals surface area contributed by atoms with Crippen molar-refractivity contribution in [2.45, 2.75) is 5.41 Å². The molecule has 0 bridgehead atoms. The molecule has 2 aliphatic carbocycles. The summed E-state index contributed by atoms with van der Waals surface area (Å²) in [6.45, 7) is 0. The summed E-state index contributed by atoms with van der Waals surface area (Å²) in [5.41, 5.74) is 12.2. The Morgan fingerprint density at radius 1 is 0.400 bits per heavy atom. The van der Waals surface area contributed by atoms with Gasteiger partial charge >= 0.3 is 0 Å². The van der Waals surface area contributed by atoms with Crippen molar-refractivity contribution in [3.63, 3.8) is 0 Å². The fraction of sp³-hybridized carbons (Fsp3) is 0.0233. The largest absolute Gasteiger partial charge is 0.456 e. The van der Waals surface area contributed by atoms with Gasteiger partial charge in [0.25, 0.3) is 0 Å². The summed E-state index contributed by atoms with van der Waals surface area (Å²) in [5.74, 6) is 0. The van der Waals surface area contributed by atoms with E-state index in [1.54, 1.807) is 0 Å². The molecule has 1 heterocycles. The first-order valence-electron chi connectivity index (χ1n) is 15.5. The number of fused-ring (bicyclic) bond motifs is 14. The molecular formula is C43H27OP. The number of benzene rings is 7. The molecule has 0 fully saturated rings. The summed E-state index contributed by atoms with van der Waals surface area (Å²) in [5, 5.41) is 6.49. The van der Waals surface area contributed by atoms with Crippen LogP contribution >= 0.6 is 7.92 Å². The minimum absolute atomic E-state index is 0.398. The predicted molar refractivity (Wildman–Crippen MR) is 189 cm³/mol. The first-order chi connectivity index (χ1) is 22.3. The van der Waals surface area contributed by atoms with Crippen LogP contribution in [-0.4, -0.2) is 0 Å². The molecule has 1 aromatic heterocycles. The lowest BCUT2D eigenvalue weighted by Gasteiger charge is -2.30. The first-order valence-corrected chi connectivity index (χ1v) is 16.9. The zero-order valence-corrected chi connectivity index (χ0v) is 25.3. The maximum Gasteiger partial charge on any atom is 0.136 e. The summed E-state index contributed by atoms with van der Waals surface area (Å²) < 4.78 is 6.41. The Morgan fingerprint density at radius 2 is 0.978 bits per heavy atom. The van der Waals surface area contributed by atoms with Crippen molar-refractivity contribution in [3.05, 3.63) is 186 Å². The molecule has 2 aliphatic rings. The highest BCUT2D eigenvalue weighted by Crippen LogP contribution is 2.64. The number of rotatable bonds is 3. The molecule has 0 saturated heterocycles. The van der Waals surface area contributed by atoms with Gasteiger partial charge in [-0.3, -0.25) is 0 Å². The Kier molecular flexibility index (Phi) is 5.24. The minimum atomic E-state index is -0.720. The maximum absolute atomic E-state index is 6.41. The summed E-state index contributed by atoms with van der Waals surface area (Å²) in [7, 11) is -0.720. The molecule has 0 aliphatic heterocycles. The van der Waals surface area contributed by atoms with Crippen molar-refractivity contribution in [1.29, 1.82) is 0 Å². The molecule has 1 unspecified atom stereocenters. The molecule has 0 radical (unpaired) electrons. The highest BCUT2D eigenvalue weighted by atomic mass is 31.1. The molecular weight excluding hydrogens is 563 g/mol. The van der Waals surface area contributed by atoms with Crippen molar-refractivity contribution >= 4 is 45.8 Å². The van der Waals surface area contributed by atoms with E-state index in [0.29, 0.717) is 0 Å². The molecule has 2 heteroatoms. The average molecular weight is 591 g/mol. The van der Waals surface area contributed by atoms with E-state index in [2.05, 4.69) is 164 Å². The SMILES string of the molecule is c1ccc(P(c2ccccc2)c2ccc3c(c2)-c2ccccc2C32c3ccccc3-c3c2ccc2oc4ccccc4c32)cc1. The summed E-state index contributed by atoms with van der Waals surface area (Å²) in [6.07, 6.45) is 0. The van der Waals surface area contributed by atoms with Crippen LogP contribution in [-0.2, 0) is 5.41 Å². The normalized spacial score (nSPS) is 15.8. The average Bonchev–Trinajstić information content (AvgIpc) is 3.73. The van der Waals surface area contributed by atoms with Crippen LogP contribution in [0.3, 0.4) is 0 Å². The lowest BCUT2D eigenvalue weighted by atomic mass is 9.70. The molecule has 1 nitrogen and oxygen atoms in total. The highest BCUT2D eigenvalue weighted by Gasteiger charge is 2.52. The van der Waals surface area contributed by atoms with E-state index in [0.717, 1.165) is 11.2 Å². The van der Waals surface area contributed by atoms with Gasteiger partial charge in [-0.05, 0) is 86.5 Å². The molecule has 45 heavy (non-hydrogen) atoms. The topological polar surface area (TPSA) is 13.1 Å². The van der Waals surface area contributed by atoms with Crippen LogP contribution in [0.4, 0.5) is 0 Å². The van der Waals surface area contributed by atoms with Crippen LogP contribution in [0.2, 0.25) is 0 Å². The number of hydrogen-bond donors (Lipinski definition) is 0. The molecule has 10 rings (SSSR count). The predicted octanol–water partition coefficient (Wildman–Crippen LogP) is 9.69. The van der Waals surface area contributed by atoms with Gasteiger partial charge in [0.2, 0.25) is 0 Å². The second kappa shape index (κ2) is 9.38. The van der Waals surface area contributed by atoms with Crippen LogP contribution < -0.4 is 15.9 Å². The minimum Gasteiger partial charge on any atom is -0.456 e. The van der Waals surface area contributed by atoms with Crippen LogP contribution in [0.5, 0.6) is 0 Å².